The van der Waals surface area contributed by atoms with Crippen LogP contribution in [0.5, 0.6) is 5.75 Å². The van der Waals surface area contributed by atoms with Crippen LogP contribution in [0, 0.1) is 5.92 Å². The SMILES string of the molecule is CCC1(c2ccccc2)NC(=O)N(CC(=O)NC(c2ccc(OC)cc2)C(C)C)C1=O. The predicted octanol–water partition coefficient (Wildman–Crippen LogP) is 3.37. The van der Waals surface area contributed by atoms with Crippen LogP contribution in [-0.2, 0) is 15.1 Å². The zero-order chi connectivity index (χ0) is 22.6. The molecule has 0 spiro atoms. The number of methoxy groups -OCH3 is 1. The monoisotopic (exact) mass is 423 g/mol. The summed E-state index contributed by atoms with van der Waals surface area (Å²) < 4.78 is 5.19. The van der Waals surface area contributed by atoms with Crippen LogP contribution < -0.4 is 15.4 Å². The van der Waals surface area contributed by atoms with Gasteiger partial charge in [0.1, 0.15) is 17.8 Å². The van der Waals surface area contributed by atoms with Crippen molar-refractivity contribution in [2.75, 3.05) is 13.7 Å². The van der Waals surface area contributed by atoms with Crippen LogP contribution in [0.1, 0.15) is 44.4 Å². The Bertz CT molecular complexity index is 943. The van der Waals surface area contributed by atoms with Crippen molar-refractivity contribution in [1.82, 2.24) is 15.5 Å². The highest BCUT2D eigenvalue weighted by atomic mass is 16.5. The first-order valence-corrected chi connectivity index (χ1v) is 10.4. The van der Waals surface area contributed by atoms with Gasteiger partial charge in [-0.05, 0) is 35.6 Å². The molecule has 2 N–H and O–H groups in total. The number of nitrogens with zero attached hydrogens (tertiary/aromatic N) is 1. The Morgan fingerprint density at radius 2 is 1.74 bits per heavy atom. The molecular weight excluding hydrogens is 394 g/mol. The summed E-state index contributed by atoms with van der Waals surface area (Å²) in [4.78, 5) is 39.7. The normalized spacial score (nSPS) is 19.3. The fourth-order valence-electron chi connectivity index (χ4n) is 3.94. The van der Waals surface area contributed by atoms with E-state index in [1.807, 2.05) is 75.4 Å². The van der Waals surface area contributed by atoms with Gasteiger partial charge < -0.3 is 15.4 Å². The van der Waals surface area contributed by atoms with Gasteiger partial charge in [0.15, 0.2) is 0 Å². The van der Waals surface area contributed by atoms with Crippen LogP contribution in [0.15, 0.2) is 54.6 Å². The largest absolute Gasteiger partial charge is 0.497 e. The molecule has 2 aromatic carbocycles. The molecule has 0 aromatic heterocycles. The summed E-state index contributed by atoms with van der Waals surface area (Å²) in [5, 5.41) is 5.77. The van der Waals surface area contributed by atoms with E-state index in [4.69, 9.17) is 4.74 Å². The molecule has 2 atom stereocenters. The van der Waals surface area contributed by atoms with E-state index in [2.05, 4.69) is 10.6 Å². The van der Waals surface area contributed by atoms with Gasteiger partial charge >= 0.3 is 6.03 Å². The standard InChI is InChI=1S/C24H29N3O4/c1-5-24(18-9-7-6-8-10-18)22(29)27(23(30)26-24)15-20(28)25-21(16(2)3)17-11-13-19(31-4)14-12-17/h6-14,16,21H,5,15H2,1-4H3,(H,25,28)(H,26,30). The van der Waals surface area contributed by atoms with Gasteiger partial charge in [0.2, 0.25) is 5.91 Å². The summed E-state index contributed by atoms with van der Waals surface area (Å²) in [6.45, 7) is 5.51. The van der Waals surface area contributed by atoms with Crippen molar-refractivity contribution in [2.45, 2.75) is 38.8 Å². The molecule has 2 aromatic rings. The number of benzene rings is 2. The lowest BCUT2D eigenvalue weighted by molar-refractivity contribution is -0.135. The van der Waals surface area contributed by atoms with E-state index in [0.717, 1.165) is 16.2 Å². The van der Waals surface area contributed by atoms with Crippen LogP contribution in [0.3, 0.4) is 0 Å². The summed E-state index contributed by atoms with van der Waals surface area (Å²) in [6.07, 6.45) is 0.389. The molecule has 1 aliphatic rings. The first kappa shape index (κ1) is 22.3. The van der Waals surface area contributed by atoms with Crippen molar-refractivity contribution in [2.24, 2.45) is 5.92 Å². The molecule has 31 heavy (non-hydrogen) atoms. The number of ether oxygens (including phenoxy) is 1. The second-order valence-electron chi connectivity index (χ2n) is 8.01. The summed E-state index contributed by atoms with van der Waals surface area (Å²) in [6, 6.07) is 15.8. The van der Waals surface area contributed by atoms with Crippen molar-refractivity contribution < 1.29 is 19.1 Å². The van der Waals surface area contributed by atoms with Crippen LogP contribution in [0.2, 0.25) is 0 Å². The van der Waals surface area contributed by atoms with Gasteiger partial charge in [0.05, 0.1) is 13.2 Å². The van der Waals surface area contributed by atoms with Crippen LogP contribution in [0.4, 0.5) is 4.79 Å². The van der Waals surface area contributed by atoms with E-state index >= 15 is 0 Å². The van der Waals surface area contributed by atoms with E-state index in [-0.39, 0.29) is 18.5 Å². The molecule has 7 nitrogen and oxygen atoms in total. The van der Waals surface area contributed by atoms with Crippen LogP contribution in [-0.4, -0.2) is 36.4 Å². The smallest absolute Gasteiger partial charge is 0.325 e. The molecule has 1 saturated heterocycles. The van der Waals surface area contributed by atoms with Crippen LogP contribution in [0.25, 0.3) is 0 Å². The first-order chi connectivity index (χ1) is 14.8. The molecule has 1 aliphatic heterocycles. The summed E-state index contributed by atoms with van der Waals surface area (Å²) in [7, 11) is 1.60. The number of nitrogens with one attached hydrogen (secondary N) is 2. The summed E-state index contributed by atoms with van der Waals surface area (Å²) in [5.74, 6) is 0.0399. The molecule has 2 unspecified atom stereocenters. The number of carbonyl (C=O) groups is 3. The zero-order valence-electron chi connectivity index (χ0n) is 18.3. The van der Waals surface area contributed by atoms with E-state index < -0.39 is 23.4 Å². The average molecular weight is 424 g/mol. The highest BCUT2D eigenvalue weighted by Gasteiger charge is 2.51. The maximum atomic E-state index is 13.2. The Morgan fingerprint density at radius 3 is 2.29 bits per heavy atom. The van der Waals surface area contributed by atoms with Gasteiger partial charge in [-0.3, -0.25) is 14.5 Å². The highest BCUT2D eigenvalue weighted by molar-refractivity contribution is 6.09. The lowest BCUT2D eigenvalue weighted by Gasteiger charge is -2.26. The molecule has 1 fully saturated rings. The molecule has 7 heteroatoms. The zero-order valence-corrected chi connectivity index (χ0v) is 18.3. The third kappa shape index (κ3) is 4.40. The number of amides is 4. The van der Waals surface area contributed by atoms with E-state index in [1.54, 1.807) is 7.11 Å². The Hall–Kier alpha value is -3.35. The molecule has 164 valence electrons. The molecule has 3 rings (SSSR count). The Labute approximate surface area is 182 Å². The molecule has 0 bridgehead atoms. The van der Waals surface area contributed by atoms with Gasteiger partial charge in [-0.1, -0.05) is 63.2 Å². The maximum Gasteiger partial charge on any atom is 0.325 e. The maximum absolute atomic E-state index is 13.2. The van der Waals surface area contributed by atoms with Gasteiger partial charge in [0, 0.05) is 0 Å². The minimum atomic E-state index is -1.15. The number of carbonyl (C=O) groups excluding carboxylic acids is 3. The molecule has 1 heterocycles. The fourth-order valence-corrected chi connectivity index (χ4v) is 3.94. The number of urea groups is 1. The highest BCUT2D eigenvalue weighted by Crippen LogP contribution is 2.32. The third-order valence-corrected chi connectivity index (χ3v) is 5.73. The number of imide groups is 1. The predicted molar refractivity (Wildman–Crippen MR) is 117 cm³/mol. The Morgan fingerprint density at radius 1 is 1.10 bits per heavy atom. The summed E-state index contributed by atoms with van der Waals surface area (Å²) >= 11 is 0. The number of hydrogen-bond donors (Lipinski definition) is 2. The Balaban J connectivity index is 1.75. The third-order valence-electron chi connectivity index (χ3n) is 5.73. The van der Waals surface area contributed by atoms with E-state index in [1.165, 1.54) is 0 Å². The lowest BCUT2D eigenvalue weighted by Crippen LogP contribution is -2.45. The van der Waals surface area contributed by atoms with Gasteiger partial charge in [-0.2, -0.15) is 0 Å². The van der Waals surface area contributed by atoms with Crippen molar-refractivity contribution in [1.29, 1.82) is 0 Å². The minimum Gasteiger partial charge on any atom is -0.497 e. The second-order valence-corrected chi connectivity index (χ2v) is 8.01. The second kappa shape index (κ2) is 9.20. The quantitative estimate of drug-likeness (QED) is 0.638. The van der Waals surface area contributed by atoms with Gasteiger partial charge in [-0.15, -0.1) is 0 Å². The summed E-state index contributed by atoms with van der Waals surface area (Å²) in [5.41, 5.74) is 0.483. The van der Waals surface area contributed by atoms with Crippen molar-refractivity contribution in [3.8, 4) is 5.75 Å². The minimum absolute atomic E-state index is 0.111. The van der Waals surface area contributed by atoms with Crippen molar-refractivity contribution >= 4 is 17.8 Å². The van der Waals surface area contributed by atoms with Gasteiger partial charge in [-0.25, -0.2) is 4.79 Å². The fraction of sp³-hybridized carbons (Fsp3) is 0.375. The number of hydrogen-bond acceptors (Lipinski definition) is 4. The van der Waals surface area contributed by atoms with Gasteiger partial charge in [0.25, 0.3) is 5.91 Å². The Kier molecular flexibility index (Phi) is 6.63. The average Bonchev–Trinajstić information content (AvgIpc) is 3.03. The molecular formula is C24H29N3O4. The number of rotatable bonds is 8. The van der Waals surface area contributed by atoms with E-state index in [9.17, 15) is 14.4 Å². The van der Waals surface area contributed by atoms with Crippen LogP contribution >= 0.6 is 0 Å². The molecule has 0 aliphatic carbocycles. The van der Waals surface area contributed by atoms with Crippen molar-refractivity contribution in [3.63, 3.8) is 0 Å². The molecule has 0 saturated carbocycles. The molecule has 0 radical (unpaired) electrons. The van der Waals surface area contributed by atoms with E-state index in [0.29, 0.717) is 12.0 Å². The van der Waals surface area contributed by atoms with Crippen molar-refractivity contribution in [3.05, 3.63) is 65.7 Å². The molecule has 4 amide bonds. The first-order valence-electron chi connectivity index (χ1n) is 10.4. The topological polar surface area (TPSA) is 87.7 Å². The lowest BCUT2D eigenvalue weighted by atomic mass is 9.87.